The number of phosphoric ester groups is 1. The average Bonchev–Trinajstić information content (AvgIpc) is 2.52. The van der Waals surface area contributed by atoms with Crippen LogP contribution in [-0.2, 0) is 13.6 Å². The molecule has 0 aliphatic heterocycles. The molecule has 0 unspecified atom stereocenters. The lowest BCUT2D eigenvalue weighted by Crippen LogP contribution is -1.99. The first kappa shape index (κ1) is 22.6. The Bertz CT molecular complexity index is 303. The van der Waals surface area contributed by atoms with Crippen molar-refractivity contribution in [2.45, 2.75) is 77.0 Å². The van der Waals surface area contributed by atoms with Gasteiger partial charge in [-0.05, 0) is 38.5 Å². The van der Waals surface area contributed by atoms with Crippen molar-refractivity contribution < 1.29 is 18.5 Å². The molecule has 0 amide bonds. The van der Waals surface area contributed by atoms with Crippen LogP contribution in [0, 0.1) is 0 Å². The third-order valence-corrected chi connectivity index (χ3v) is 4.63. The van der Waals surface area contributed by atoms with Gasteiger partial charge in [0.15, 0.2) is 0 Å². The Morgan fingerprint density at radius 1 is 0.696 bits per heavy atom. The Labute approximate surface area is 142 Å². The smallest absolute Gasteiger partial charge is 0.302 e. The highest BCUT2D eigenvalue weighted by molar-refractivity contribution is 7.47. The molecule has 0 saturated carbocycles. The summed E-state index contributed by atoms with van der Waals surface area (Å²) in [7, 11) is -3.85. The van der Waals surface area contributed by atoms with Crippen molar-refractivity contribution in [2.75, 3.05) is 13.2 Å². The summed E-state index contributed by atoms with van der Waals surface area (Å²) in [4.78, 5) is 9.55. The average molecular weight is 346 g/mol. The molecule has 0 aromatic heterocycles. The fourth-order valence-corrected chi connectivity index (χ4v) is 3.03. The van der Waals surface area contributed by atoms with Crippen molar-refractivity contribution in [1.82, 2.24) is 0 Å². The molecule has 0 atom stereocenters. The van der Waals surface area contributed by atoms with Crippen LogP contribution < -0.4 is 0 Å². The minimum atomic E-state index is -3.85. The number of allylic oxidation sites excluding steroid dienone is 2. The molecule has 23 heavy (non-hydrogen) atoms. The lowest BCUT2D eigenvalue weighted by molar-refractivity contribution is 0.145. The predicted octanol–water partition coefficient (Wildman–Crippen LogP) is 6.17. The van der Waals surface area contributed by atoms with Crippen LogP contribution in [0.15, 0.2) is 25.3 Å². The zero-order valence-electron chi connectivity index (χ0n) is 14.6. The fourth-order valence-electron chi connectivity index (χ4n) is 2.24. The van der Waals surface area contributed by atoms with E-state index < -0.39 is 7.82 Å². The van der Waals surface area contributed by atoms with Crippen LogP contribution in [0.25, 0.3) is 0 Å². The molecule has 0 spiro atoms. The highest BCUT2D eigenvalue weighted by Gasteiger charge is 2.19. The molecule has 0 aromatic rings. The second kappa shape index (κ2) is 16.4. The van der Waals surface area contributed by atoms with Crippen LogP contribution in [0.2, 0.25) is 0 Å². The van der Waals surface area contributed by atoms with Crippen LogP contribution >= 0.6 is 7.82 Å². The van der Waals surface area contributed by atoms with Gasteiger partial charge in [-0.1, -0.05) is 50.7 Å². The van der Waals surface area contributed by atoms with Crippen LogP contribution in [0.4, 0.5) is 0 Å². The lowest BCUT2D eigenvalue weighted by Gasteiger charge is -2.12. The van der Waals surface area contributed by atoms with E-state index >= 15 is 0 Å². The second-order valence-electron chi connectivity index (χ2n) is 5.83. The summed E-state index contributed by atoms with van der Waals surface area (Å²) in [6.07, 6.45) is 16.5. The van der Waals surface area contributed by atoms with Gasteiger partial charge in [0.25, 0.3) is 0 Å². The summed E-state index contributed by atoms with van der Waals surface area (Å²) in [6.45, 7) is 7.96. The molecule has 0 bridgehead atoms. The maximum atomic E-state index is 11.7. The monoisotopic (exact) mass is 346 g/mol. The quantitative estimate of drug-likeness (QED) is 0.183. The van der Waals surface area contributed by atoms with Crippen LogP contribution in [0.5, 0.6) is 0 Å². The molecule has 0 radical (unpaired) electrons. The Hall–Kier alpha value is -0.410. The number of rotatable bonds is 18. The molecule has 5 heteroatoms. The summed E-state index contributed by atoms with van der Waals surface area (Å²) >= 11 is 0. The first-order chi connectivity index (χ1) is 11.1. The van der Waals surface area contributed by atoms with Crippen molar-refractivity contribution in [3.63, 3.8) is 0 Å². The van der Waals surface area contributed by atoms with Crippen molar-refractivity contribution in [2.24, 2.45) is 0 Å². The van der Waals surface area contributed by atoms with E-state index in [0.29, 0.717) is 0 Å². The van der Waals surface area contributed by atoms with E-state index in [1.54, 1.807) is 0 Å². The summed E-state index contributed by atoms with van der Waals surface area (Å²) in [5.41, 5.74) is 0. The molecule has 4 nitrogen and oxygen atoms in total. The van der Waals surface area contributed by atoms with E-state index in [1.807, 2.05) is 12.2 Å². The molecular weight excluding hydrogens is 311 g/mol. The molecule has 0 saturated heterocycles. The Kier molecular flexibility index (Phi) is 16.2. The zero-order chi connectivity index (χ0) is 17.2. The molecular formula is C18H35O4P. The molecule has 0 aliphatic carbocycles. The van der Waals surface area contributed by atoms with Crippen molar-refractivity contribution >= 4 is 7.82 Å². The highest BCUT2D eigenvalue weighted by atomic mass is 31.2. The van der Waals surface area contributed by atoms with Gasteiger partial charge in [0.1, 0.15) is 0 Å². The molecule has 0 rings (SSSR count). The Morgan fingerprint density at radius 3 is 1.43 bits per heavy atom. The first-order valence-corrected chi connectivity index (χ1v) is 10.5. The first-order valence-electron chi connectivity index (χ1n) is 8.96. The van der Waals surface area contributed by atoms with Crippen molar-refractivity contribution in [1.29, 1.82) is 0 Å². The van der Waals surface area contributed by atoms with Gasteiger partial charge < -0.3 is 4.89 Å². The van der Waals surface area contributed by atoms with Crippen molar-refractivity contribution in [3.05, 3.63) is 25.3 Å². The second-order valence-corrected chi connectivity index (χ2v) is 7.28. The SMILES string of the molecule is C=CCCCCCCCOP(=O)(O)OCCCCCCCC=C. The largest absolute Gasteiger partial charge is 0.472 e. The van der Waals surface area contributed by atoms with E-state index in [9.17, 15) is 9.46 Å². The molecule has 0 fully saturated rings. The summed E-state index contributed by atoms with van der Waals surface area (Å²) in [5, 5.41) is 0. The Morgan fingerprint density at radius 2 is 1.04 bits per heavy atom. The van der Waals surface area contributed by atoms with E-state index in [-0.39, 0.29) is 13.2 Å². The molecule has 0 heterocycles. The van der Waals surface area contributed by atoms with Gasteiger partial charge in [-0.3, -0.25) is 9.05 Å². The summed E-state index contributed by atoms with van der Waals surface area (Å²) in [5.74, 6) is 0. The standard InChI is InChI=1S/C18H35O4P/c1-3-5-7-9-11-13-15-17-21-23(19,20)22-18-16-14-12-10-8-6-4-2/h3-4H,1-2,5-18H2,(H,19,20). The molecule has 0 aliphatic rings. The maximum Gasteiger partial charge on any atom is 0.472 e. The van der Waals surface area contributed by atoms with Gasteiger partial charge in [-0.15, -0.1) is 13.2 Å². The summed E-state index contributed by atoms with van der Waals surface area (Å²) < 4.78 is 21.6. The van der Waals surface area contributed by atoms with Gasteiger partial charge in [0.05, 0.1) is 13.2 Å². The Balaban J connectivity index is 3.38. The minimum Gasteiger partial charge on any atom is -0.302 e. The molecule has 0 aromatic carbocycles. The third kappa shape index (κ3) is 17.8. The third-order valence-electron chi connectivity index (χ3n) is 3.61. The number of phosphoric acid groups is 1. The van der Waals surface area contributed by atoms with E-state index in [0.717, 1.165) is 51.4 Å². The number of hydrogen-bond donors (Lipinski definition) is 1. The van der Waals surface area contributed by atoms with Gasteiger partial charge in [0, 0.05) is 0 Å². The predicted molar refractivity (Wildman–Crippen MR) is 97.5 cm³/mol. The van der Waals surface area contributed by atoms with Crippen LogP contribution in [-0.4, -0.2) is 18.1 Å². The van der Waals surface area contributed by atoms with Gasteiger partial charge >= 0.3 is 7.82 Å². The van der Waals surface area contributed by atoms with E-state index in [1.165, 1.54) is 25.7 Å². The highest BCUT2D eigenvalue weighted by Crippen LogP contribution is 2.43. The lowest BCUT2D eigenvalue weighted by atomic mass is 10.1. The zero-order valence-corrected chi connectivity index (χ0v) is 15.5. The number of unbranched alkanes of at least 4 members (excludes halogenated alkanes) is 10. The van der Waals surface area contributed by atoms with E-state index in [4.69, 9.17) is 9.05 Å². The topological polar surface area (TPSA) is 55.8 Å². The maximum absolute atomic E-state index is 11.7. The summed E-state index contributed by atoms with van der Waals surface area (Å²) in [6, 6.07) is 0. The minimum absolute atomic E-state index is 0.288. The van der Waals surface area contributed by atoms with Crippen LogP contribution in [0.3, 0.4) is 0 Å². The van der Waals surface area contributed by atoms with Crippen LogP contribution in [0.1, 0.15) is 77.0 Å². The number of hydrogen-bond acceptors (Lipinski definition) is 3. The molecule has 136 valence electrons. The van der Waals surface area contributed by atoms with E-state index in [2.05, 4.69) is 13.2 Å². The van der Waals surface area contributed by atoms with Gasteiger partial charge in [-0.25, -0.2) is 4.57 Å². The molecule has 1 N–H and O–H groups in total. The van der Waals surface area contributed by atoms with Gasteiger partial charge in [-0.2, -0.15) is 0 Å². The van der Waals surface area contributed by atoms with Gasteiger partial charge in [0.2, 0.25) is 0 Å². The fraction of sp³-hybridized carbons (Fsp3) is 0.778. The normalized spacial score (nSPS) is 11.5. The van der Waals surface area contributed by atoms with Crippen molar-refractivity contribution in [3.8, 4) is 0 Å².